The average molecular weight is 203 g/mol. The predicted octanol–water partition coefficient (Wildman–Crippen LogP) is 2.54. The number of carbonyl (C=O) groups is 1. The van der Waals surface area contributed by atoms with E-state index in [0.29, 0.717) is 12.3 Å². The third-order valence-electron chi connectivity index (χ3n) is 3.10. The van der Waals surface area contributed by atoms with Gasteiger partial charge in [-0.05, 0) is 17.0 Å². The molecule has 0 bridgehead atoms. The summed E-state index contributed by atoms with van der Waals surface area (Å²) < 4.78 is 0. The molecule has 80 valence electrons. The van der Waals surface area contributed by atoms with Gasteiger partial charge in [0.25, 0.3) is 0 Å². The number of amides is 1. The molecule has 1 aromatic rings. The molecular weight excluding hydrogens is 186 g/mol. The molecule has 1 aliphatic heterocycles. The van der Waals surface area contributed by atoms with E-state index in [9.17, 15) is 4.79 Å². The number of hydrogen-bond donors (Lipinski definition) is 0. The summed E-state index contributed by atoms with van der Waals surface area (Å²) in [6.07, 6.45) is 0.606. The van der Waals surface area contributed by atoms with Gasteiger partial charge in [0, 0.05) is 19.5 Å². The second-order valence-electron chi connectivity index (χ2n) is 4.23. The summed E-state index contributed by atoms with van der Waals surface area (Å²) in [5.41, 5.74) is 2.70. The van der Waals surface area contributed by atoms with Gasteiger partial charge in [0.05, 0.1) is 0 Å². The largest absolute Gasteiger partial charge is 0.338 e. The summed E-state index contributed by atoms with van der Waals surface area (Å²) in [6, 6.07) is 8.42. The Morgan fingerprint density at radius 2 is 2.20 bits per heavy atom. The number of benzene rings is 1. The van der Waals surface area contributed by atoms with E-state index >= 15 is 0 Å². The van der Waals surface area contributed by atoms with Crippen LogP contribution in [0.15, 0.2) is 24.3 Å². The third kappa shape index (κ3) is 1.89. The first kappa shape index (κ1) is 10.2. The first-order chi connectivity index (χ1) is 7.22. The number of nitrogens with zero attached hydrogens (tertiary/aromatic N) is 1. The van der Waals surface area contributed by atoms with Crippen molar-refractivity contribution >= 4 is 5.91 Å². The molecule has 0 saturated carbocycles. The number of hydrogen-bond acceptors (Lipinski definition) is 1. The molecule has 1 aliphatic rings. The minimum Gasteiger partial charge on any atom is -0.338 e. The van der Waals surface area contributed by atoms with E-state index < -0.39 is 0 Å². The van der Waals surface area contributed by atoms with Crippen molar-refractivity contribution in [3.63, 3.8) is 0 Å². The van der Waals surface area contributed by atoms with Crippen LogP contribution in [0.1, 0.15) is 37.3 Å². The maximum Gasteiger partial charge on any atom is 0.222 e. The second-order valence-corrected chi connectivity index (χ2v) is 4.23. The monoisotopic (exact) mass is 203 g/mol. The fourth-order valence-electron chi connectivity index (χ4n) is 2.27. The summed E-state index contributed by atoms with van der Waals surface area (Å²) in [5.74, 6) is 0.724. The van der Waals surface area contributed by atoms with E-state index in [0.717, 1.165) is 13.1 Å². The Balaban J connectivity index is 2.26. The smallest absolute Gasteiger partial charge is 0.222 e. The standard InChI is InChI=1S/C13H17NO/c1-3-13(15)14-8-10(2)12-7-5-4-6-11(12)9-14/h4-7,10H,3,8-9H2,1-2H3. The van der Waals surface area contributed by atoms with Crippen molar-refractivity contribution in [1.82, 2.24) is 4.90 Å². The van der Waals surface area contributed by atoms with Crippen molar-refractivity contribution in [2.75, 3.05) is 6.54 Å². The molecule has 0 saturated heterocycles. The van der Waals surface area contributed by atoms with Crippen LogP contribution in [-0.4, -0.2) is 17.4 Å². The first-order valence-electron chi connectivity index (χ1n) is 5.58. The molecule has 1 atom stereocenters. The lowest BCUT2D eigenvalue weighted by molar-refractivity contribution is -0.132. The maximum atomic E-state index is 11.6. The Hall–Kier alpha value is -1.31. The van der Waals surface area contributed by atoms with Crippen molar-refractivity contribution in [2.24, 2.45) is 0 Å². The minimum absolute atomic E-state index is 0.261. The van der Waals surface area contributed by atoms with Crippen LogP contribution in [0, 0.1) is 0 Å². The van der Waals surface area contributed by atoms with Crippen molar-refractivity contribution in [3.8, 4) is 0 Å². The van der Waals surface area contributed by atoms with Crippen molar-refractivity contribution in [2.45, 2.75) is 32.7 Å². The normalized spacial score (nSPS) is 19.9. The molecule has 2 rings (SSSR count). The molecular formula is C13H17NO. The van der Waals surface area contributed by atoms with Crippen LogP contribution in [0.2, 0.25) is 0 Å². The Morgan fingerprint density at radius 3 is 2.93 bits per heavy atom. The first-order valence-corrected chi connectivity index (χ1v) is 5.58. The topological polar surface area (TPSA) is 20.3 Å². The summed E-state index contributed by atoms with van der Waals surface area (Å²) >= 11 is 0. The molecule has 1 heterocycles. The van der Waals surface area contributed by atoms with Crippen molar-refractivity contribution < 1.29 is 4.79 Å². The van der Waals surface area contributed by atoms with Gasteiger partial charge < -0.3 is 4.90 Å². The van der Waals surface area contributed by atoms with E-state index in [2.05, 4.69) is 25.1 Å². The van der Waals surface area contributed by atoms with E-state index in [1.54, 1.807) is 0 Å². The number of carbonyl (C=O) groups excluding carboxylic acids is 1. The van der Waals surface area contributed by atoms with Gasteiger partial charge >= 0.3 is 0 Å². The highest BCUT2D eigenvalue weighted by molar-refractivity contribution is 5.76. The van der Waals surface area contributed by atoms with Gasteiger partial charge in [0.15, 0.2) is 0 Å². The van der Waals surface area contributed by atoms with Gasteiger partial charge in [-0.1, -0.05) is 38.1 Å². The zero-order valence-corrected chi connectivity index (χ0v) is 9.36. The molecule has 0 N–H and O–H groups in total. The van der Waals surface area contributed by atoms with Crippen LogP contribution in [0.5, 0.6) is 0 Å². The van der Waals surface area contributed by atoms with Crippen molar-refractivity contribution in [1.29, 1.82) is 0 Å². The molecule has 0 aromatic heterocycles. The van der Waals surface area contributed by atoms with Gasteiger partial charge in [0.1, 0.15) is 0 Å². The average Bonchev–Trinajstić information content (AvgIpc) is 2.28. The Labute approximate surface area is 90.9 Å². The summed E-state index contributed by atoms with van der Waals surface area (Å²) in [5, 5.41) is 0. The van der Waals surface area contributed by atoms with Crippen LogP contribution >= 0.6 is 0 Å². The van der Waals surface area contributed by atoms with Crippen LogP contribution < -0.4 is 0 Å². The van der Waals surface area contributed by atoms with Crippen LogP contribution in [0.25, 0.3) is 0 Å². The third-order valence-corrected chi connectivity index (χ3v) is 3.10. The van der Waals surface area contributed by atoms with E-state index in [4.69, 9.17) is 0 Å². The Bertz CT molecular complexity index is 373. The highest BCUT2D eigenvalue weighted by atomic mass is 16.2. The molecule has 2 heteroatoms. The van der Waals surface area contributed by atoms with Crippen molar-refractivity contribution in [3.05, 3.63) is 35.4 Å². The van der Waals surface area contributed by atoms with E-state index in [-0.39, 0.29) is 5.91 Å². The fourth-order valence-corrected chi connectivity index (χ4v) is 2.27. The highest BCUT2D eigenvalue weighted by Gasteiger charge is 2.23. The minimum atomic E-state index is 0.261. The van der Waals surface area contributed by atoms with Gasteiger partial charge in [0.2, 0.25) is 5.91 Å². The van der Waals surface area contributed by atoms with Gasteiger partial charge in [-0.15, -0.1) is 0 Å². The van der Waals surface area contributed by atoms with Gasteiger partial charge in [-0.2, -0.15) is 0 Å². The predicted molar refractivity (Wildman–Crippen MR) is 60.6 cm³/mol. The molecule has 0 aliphatic carbocycles. The molecule has 1 aromatic carbocycles. The zero-order chi connectivity index (χ0) is 10.8. The molecule has 15 heavy (non-hydrogen) atoms. The van der Waals surface area contributed by atoms with E-state index in [1.807, 2.05) is 17.9 Å². The maximum absolute atomic E-state index is 11.6. The fraction of sp³-hybridized carbons (Fsp3) is 0.462. The van der Waals surface area contributed by atoms with Crippen LogP contribution in [0.3, 0.4) is 0 Å². The Kier molecular flexibility index (Phi) is 2.76. The number of fused-ring (bicyclic) bond motifs is 1. The summed E-state index contributed by atoms with van der Waals surface area (Å²) in [7, 11) is 0. The molecule has 0 spiro atoms. The molecule has 0 radical (unpaired) electrons. The molecule has 1 amide bonds. The number of rotatable bonds is 1. The zero-order valence-electron chi connectivity index (χ0n) is 9.36. The SMILES string of the molecule is CCC(=O)N1Cc2ccccc2C(C)C1. The summed E-state index contributed by atoms with van der Waals surface area (Å²) in [4.78, 5) is 13.6. The van der Waals surface area contributed by atoms with Gasteiger partial charge in [-0.3, -0.25) is 4.79 Å². The van der Waals surface area contributed by atoms with Gasteiger partial charge in [-0.25, -0.2) is 0 Å². The lowest BCUT2D eigenvalue weighted by Crippen LogP contribution is -2.37. The highest BCUT2D eigenvalue weighted by Crippen LogP contribution is 2.27. The molecule has 2 nitrogen and oxygen atoms in total. The van der Waals surface area contributed by atoms with E-state index in [1.165, 1.54) is 11.1 Å². The summed E-state index contributed by atoms with van der Waals surface area (Å²) in [6.45, 7) is 5.76. The molecule has 1 unspecified atom stereocenters. The lowest BCUT2D eigenvalue weighted by Gasteiger charge is -2.32. The quantitative estimate of drug-likeness (QED) is 0.687. The van der Waals surface area contributed by atoms with Crippen LogP contribution in [-0.2, 0) is 11.3 Å². The lowest BCUT2D eigenvalue weighted by atomic mass is 9.91. The van der Waals surface area contributed by atoms with Crippen LogP contribution in [0.4, 0.5) is 0 Å². The second kappa shape index (κ2) is 4.05. The molecule has 0 fully saturated rings. The Morgan fingerprint density at radius 1 is 1.47 bits per heavy atom.